The molecule has 1 aliphatic heterocycles. The molecule has 0 bridgehead atoms. The van der Waals surface area contributed by atoms with Crippen LogP contribution >= 0.6 is 0 Å². The summed E-state index contributed by atoms with van der Waals surface area (Å²) in [6.45, 7) is 9.49. The van der Waals surface area contributed by atoms with E-state index in [4.69, 9.17) is 14.0 Å². The second-order valence-corrected chi connectivity index (χ2v) is 6.84. The molecule has 6 nitrogen and oxygen atoms in total. The Morgan fingerprint density at radius 2 is 1.96 bits per heavy atom. The van der Waals surface area contributed by atoms with E-state index in [1.807, 2.05) is 25.1 Å². The summed E-state index contributed by atoms with van der Waals surface area (Å²) >= 11 is 0. The minimum absolute atomic E-state index is 0.152. The summed E-state index contributed by atoms with van der Waals surface area (Å²) in [4.78, 5) is 12.6. The molecule has 134 valence electrons. The highest BCUT2D eigenvalue weighted by Crippen LogP contribution is 2.35. The highest BCUT2D eigenvalue weighted by Gasteiger charge is 2.26. The van der Waals surface area contributed by atoms with Crippen LogP contribution in [0.15, 0.2) is 22.7 Å². The Balaban J connectivity index is 1.73. The van der Waals surface area contributed by atoms with Gasteiger partial charge in [-0.2, -0.15) is 0 Å². The summed E-state index contributed by atoms with van der Waals surface area (Å²) in [7, 11) is 0. The third-order valence-corrected chi connectivity index (χ3v) is 4.51. The number of ether oxygens (including phenoxy) is 2. The highest BCUT2D eigenvalue weighted by molar-refractivity contribution is 5.96. The van der Waals surface area contributed by atoms with Gasteiger partial charge in [-0.25, -0.2) is 0 Å². The van der Waals surface area contributed by atoms with Gasteiger partial charge in [0.25, 0.3) is 5.91 Å². The molecule has 3 rings (SSSR count). The Labute approximate surface area is 147 Å². The van der Waals surface area contributed by atoms with Crippen LogP contribution in [0.25, 0.3) is 0 Å². The SMILES string of the molecule is CCc1noc(C)c1C(=O)NCC(C)(C)c1ccc2c(c1)OCCO2. The minimum atomic E-state index is -0.261. The van der Waals surface area contributed by atoms with Gasteiger partial charge >= 0.3 is 0 Å². The maximum absolute atomic E-state index is 12.6. The van der Waals surface area contributed by atoms with Crippen molar-refractivity contribution < 1.29 is 18.8 Å². The highest BCUT2D eigenvalue weighted by atomic mass is 16.6. The first-order valence-electron chi connectivity index (χ1n) is 8.56. The van der Waals surface area contributed by atoms with Gasteiger partial charge in [-0.05, 0) is 31.0 Å². The number of fused-ring (bicyclic) bond motifs is 1. The van der Waals surface area contributed by atoms with E-state index in [1.54, 1.807) is 6.92 Å². The summed E-state index contributed by atoms with van der Waals surface area (Å²) in [6.07, 6.45) is 0.658. The smallest absolute Gasteiger partial charge is 0.256 e. The van der Waals surface area contributed by atoms with E-state index in [0.717, 1.165) is 17.1 Å². The molecule has 25 heavy (non-hydrogen) atoms. The summed E-state index contributed by atoms with van der Waals surface area (Å²) in [5.41, 5.74) is 2.05. The van der Waals surface area contributed by atoms with Crippen LogP contribution in [0, 0.1) is 6.92 Å². The molecule has 1 aromatic heterocycles. The molecule has 0 unspecified atom stereocenters. The molecular formula is C19H24N2O4. The molecule has 1 amide bonds. The van der Waals surface area contributed by atoms with Crippen molar-refractivity contribution in [2.75, 3.05) is 19.8 Å². The number of nitrogens with one attached hydrogen (secondary N) is 1. The van der Waals surface area contributed by atoms with Gasteiger partial charge in [0.05, 0.1) is 5.69 Å². The van der Waals surface area contributed by atoms with Gasteiger partial charge < -0.3 is 19.3 Å². The van der Waals surface area contributed by atoms with Crippen LogP contribution in [0.1, 0.15) is 48.1 Å². The predicted octanol–water partition coefficient (Wildman–Crippen LogP) is 3.02. The van der Waals surface area contributed by atoms with Gasteiger partial charge in [-0.1, -0.05) is 32.0 Å². The first-order valence-corrected chi connectivity index (χ1v) is 8.56. The topological polar surface area (TPSA) is 73.6 Å². The van der Waals surface area contributed by atoms with Crippen LogP contribution in [0.2, 0.25) is 0 Å². The summed E-state index contributed by atoms with van der Waals surface area (Å²) in [5.74, 6) is 1.92. The molecule has 6 heteroatoms. The lowest BCUT2D eigenvalue weighted by Crippen LogP contribution is -2.37. The van der Waals surface area contributed by atoms with Crippen LogP contribution in [0.4, 0.5) is 0 Å². The van der Waals surface area contributed by atoms with Crippen LogP contribution in [-0.4, -0.2) is 30.8 Å². The van der Waals surface area contributed by atoms with E-state index in [1.165, 1.54) is 0 Å². The lowest BCUT2D eigenvalue weighted by Gasteiger charge is -2.27. The number of aryl methyl sites for hydroxylation is 2. The fourth-order valence-electron chi connectivity index (χ4n) is 2.91. The quantitative estimate of drug-likeness (QED) is 0.902. The molecule has 1 N–H and O–H groups in total. The average Bonchev–Trinajstić information content (AvgIpc) is 3.00. The van der Waals surface area contributed by atoms with Gasteiger partial charge in [-0.15, -0.1) is 0 Å². The van der Waals surface area contributed by atoms with Gasteiger partial charge in [0, 0.05) is 12.0 Å². The Morgan fingerprint density at radius 3 is 2.68 bits per heavy atom. The number of carbonyl (C=O) groups is 1. The number of carbonyl (C=O) groups excluding carboxylic acids is 1. The van der Waals surface area contributed by atoms with E-state index in [2.05, 4.69) is 24.3 Å². The number of hydrogen-bond donors (Lipinski definition) is 1. The maximum atomic E-state index is 12.6. The van der Waals surface area contributed by atoms with Crippen LogP contribution in [0.3, 0.4) is 0 Å². The van der Waals surface area contributed by atoms with Crippen molar-refractivity contribution in [3.05, 3.63) is 40.8 Å². The van der Waals surface area contributed by atoms with Crippen LogP contribution in [-0.2, 0) is 11.8 Å². The fraction of sp³-hybridized carbons (Fsp3) is 0.474. The zero-order valence-electron chi connectivity index (χ0n) is 15.1. The third-order valence-electron chi connectivity index (χ3n) is 4.51. The first-order chi connectivity index (χ1) is 11.9. The number of hydrogen-bond acceptors (Lipinski definition) is 5. The number of rotatable bonds is 5. The van der Waals surface area contributed by atoms with Gasteiger partial charge in [0.2, 0.25) is 0 Å². The lowest BCUT2D eigenvalue weighted by atomic mass is 9.84. The number of benzene rings is 1. The van der Waals surface area contributed by atoms with Crippen molar-refractivity contribution in [3.63, 3.8) is 0 Å². The molecule has 1 aromatic carbocycles. The van der Waals surface area contributed by atoms with Crippen molar-refractivity contribution in [3.8, 4) is 11.5 Å². The van der Waals surface area contributed by atoms with E-state index < -0.39 is 0 Å². The van der Waals surface area contributed by atoms with Crippen LogP contribution < -0.4 is 14.8 Å². The fourth-order valence-corrected chi connectivity index (χ4v) is 2.91. The second kappa shape index (κ2) is 6.78. The molecule has 0 spiro atoms. The van der Waals surface area contributed by atoms with Gasteiger partial charge in [-0.3, -0.25) is 4.79 Å². The molecule has 0 aliphatic carbocycles. The van der Waals surface area contributed by atoms with Crippen LogP contribution in [0.5, 0.6) is 11.5 Å². The zero-order valence-corrected chi connectivity index (χ0v) is 15.1. The van der Waals surface area contributed by atoms with E-state index in [9.17, 15) is 4.79 Å². The Bertz CT molecular complexity index is 780. The molecule has 0 atom stereocenters. The van der Waals surface area contributed by atoms with E-state index in [-0.39, 0.29) is 11.3 Å². The van der Waals surface area contributed by atoms with E-state index in [0.29, 0.717) is 43.2 Å². The summed E-state index contributed by atoms with van der Waals surface area (Å²) in [6, 6.07) is 5.93. The largest absolute Gasteiger partial charge is 0.486 e. The lowest BCUT2D eigenvalue weighted by molar-refractivity contribution is 0.0943. The monoisotopic (exact) mass is 344 g/mol. The first kappa shape index (κ1) is 17.3. The third kappa shape index (κ3) is 3.48. The normalized spacial score (nSPS) is 13.6. The van der Waals surface area contributed by atoms with Crippen molar-refractivity contribution in [2.24, 2.45) is 0 Å². The van der Waals surface area contributed by atoms with Gasteiger partial charge in [0.1, 0.15) is 24.5 Å². The summed E-state index contributed by atoms with van der Waals surface area (Å²) < 4.78 is 16.4. The zero-order chi connectivity index (χ0) is 18.0. The molecule has 0 radical (unpaired) electrons. The molecule has 0 saturated carbocycles. The molecule has 0 fully saturated rings. The van der Waals surface area contributed by atoms with Crippen molar-refractivity contribution in [1.29, 1.82) is 0 Å². The maximum Gasteiger partial charge on any atom is 0.256 e. The molecular weight excluding hydrogens is 320 g/mol. The Hall–Kier alpha value is -2.50. The number of nitrogens with zero attached hydrogens (tertiary/aromatic N) is 1. The van der Waals surface area contributed by atoms with Crippen molar-refractivity contribution >= 4 is 5.91 Å². The molecule has 0 saturated heterocycles. The predicted molar refractivity (Wildman–Crippen MR) is 93.4 cm³/mol. The molecule has 2 heterocycles. The standard InChI is InChI=1S/C19H24N2O4/c1-5-14-17(12(2)25-21-14)18(22)20-11-19(3,4)13-6-7-15-16(10-13)24-9-8-23-15/h6-7,10H,5,8-9,11H2,1-4H3,(H,20,22). The molecule has 1 aliphatic rings. The summed E-state index contributed by atoms with van der Waals surface area (Å²) in [5, 5.41) is 6.95. The molecule has 2 aromatic rings. The van der Waals surface area contributed by atoms with Crippen molar-refractivity contribution in [2.45, 2.75) is 39.5 Å². The average molecular weight is 344 g/mol. The van der Waals surface area contributed by atoms with Crippen molar-refractivity contribution in [1.82, 2.24) is 10.5 Å². The second-order valence-electron chi connectivity index (χ2n) is 6.84. The Kier molecular flexibility index (Phi) is 4.70. The Morgan fingerprint density at radius 1 is 1.24 bits per heavy atom. The van der Waals surface area contributed by atoms with E-state index >= 15 is 0 Å². The number of aromatic nitrogens is 1. The minimum Gasteiger partial charge on any atom is -0.486 e. The van der Waals surface area contributed by atoms with Gasteiger partial charge in [0.15, 0.2) is 11.5 Å². The number of amides is 1.